The number of carbonyl (C=O) groups is 2. The second-order valence-electron chi connectivity index (χ2n) is 4.98. The van der Waals surface area contributed by atoms with Gasteiger partial charge in [0.2, 0.25) is 0 Å². The minimum Gasteiger partial charge on any atom is -0.493 e. The van der Waals surface area contributed by atoms with Gasteiger partial charge in [-0.25, -0.2) is 4.79 Å². The summed E-state index contributed by atoms with van der Waals surface area (Å²) in [6.45, 7) is 2.30. The molecule has 0 unspecified atom stereocenters. The van der Waals surface area contributed by atoms with Crippen LogP contribution in [0.2, 0.25) is 0 Å². The molecule has 0 saturated heterocycles. The van der Waals surface area contributed by atoms with Crippen LogP contribution in [-0.4, -0.2) is 23.6 Å². The van der Waals surface area contributed by atoms with Gasteiger partial charge in [0.1, 0.15) is 17.4 Å². The van der Waals surface area contributed by atoms with Gasteiger partial charge < -0.3 is 15.2 Å². The van der Waals surface area contributed by atoms with Crippen LogP contribution in [-0.2, 0) is 4.79 Å². The smallest absolute Gasteiger partial charge is 0.335 e. The van der Waals surface area contributed by atoms with E-state index in [0.717, 1.165) is 0 Å². The summed E-state index contributed by atoms with van der Waals surface area (Å²) in [7, 11) is 0. The van der Waals surface area contributed by atoms with E-state index in [1.807, 2.05) is 13.0 Å². The molecule has 2 aromatic rings. The molecule has 0 radical (unpaired) electrons. The average Bonchev–Trinajstić information content (AvgIpc) is 2.61. The number of ether oxygens (including phenoxy) is 1. The molecule has 0 fully saturated rings. The van der Waals surface area contributed by atoms with Crippen LogP contribution in [0, 0.1) is 11.3 Å². The SMILES string of the molecule is CCOc1ccccc1C=C(C#N)C(=O)Nc1cccc(C(=O)O)c1. The van der Waals surface area contributed by atoms with Crippen LogP contribution in [0.4, 0.5) is 5.69 Å². The number of nitrogens with one attached hydrogen (secondary N) is 1. The number of nitrogens with zero attached hydrogens (tertiary/aromatic N) is 1. The summed E-state index contributed by atoms with van der Waals surface area (Å²) in [6, 6.07) is 14.7. The van der Waals surface area contributed by atoms with Gasteiger partial charge in [0.25, 0.3) is 5.91 Å². The fourth-order valence-electron chi connectivity index (χ4n) is 2.12. The molecular weight excluding hydrogens is 320 g/mol. The zero-order chi connectivity index (χ0) is 18.2. The molecular formula is C19H16N2O4. The Bertz CT molecular complexity index is 866. The van der Waals surface area contributed by atoms with Crippen LogP contribution in [0.3, 0.4) is 0 Å². The summed E-state index contributed by atoms with van der Waals surface area (Å²) in [4.78, 5) is 23.3. The Hall–Kier alpha value is -3.59. The molecule has 0 saturated carbocycles. The number of hydrogen-bond donors (Lipinski definition) is 2. The fourth-order valence-corrected chi connectivity index (χ4v) is 2.12. The van der Waals surface area contributed by atoms with Crippen molar-refractivity contribution in [3.8, 4) is 11.8 Å². The molecule has 0 atom stereocenters. The molecule has 0 aliphatic carbocycles. The minimum absolute atomic E-state index is 0.0435. The van der Waals surface area contributed by atoms with Gasteiger partial charge in [-0.15, -0.1) is 0 Å². The van der Waals surface area contributed by atoms with Gasteiger partial charge in [-0.2, -0.15) is 5.26 Å². The van der Waals surface area contributed by atoms with Crippen LogP contribution in [0.5, 0.6) is 5.75 Å². The Morgan fingerprint density at radius 3 is 2.68 bits per heavy atom. The highest BCUT2D eigenvalue weighted by atomic mass is 16.5. The summed E-state index contributed by atoms with van der Waals surface area (Å²) in [6.07, 6.45) is 1.43. The lowest BCUT2D eigenvalue weighted by molar-refractivity contribution is -0.112. The zero-order valence-corrected chi connectivity index (χ0v) is 13.5. The number of carbonyl (C=O) groups excluding carboxylic acids is 1. The number of nitriles is 1. The first-order valence-electron chi connectivity index (χ1n) is 7.53. The van der Waals surface area contributed by atoms with Crippen molar-refractivity contribution in [1.29, 1.82) is 5.26 Å². The van der Waals surface area contributed by atoms with Crippen LogP contribution < -0.4 is 10.1 Å². The topological polar surface area (TPSA) is 99.4 Å². The molecule has 0 bridgehead atoms. The van der Waals surface area contributed by atoms with E-state index < -0.39 is 11.9 Å². The van der Waals surface area contributed by atoms with E-state index in [9.17, 15) is 14.9 Å². The second-order valence-corrected chi connectivity index (χ2v) is 4.98. The summed E-state index contributed by atoms with van der Waals surface area (Å²) in [5.41, 5.74) is 0.828. The first-order valence-corrected chi connectivity index (χ1v) is 7.53. The summed E-state index contributed by atoms with van der Waals surface area (Å²) >= 11 is 0. The van der Waals surface area contributed by atoms with Crippen molar-refractivity contribution in [3.05, 3.63) is 65.2 Å². The fraction of sp³-hybridized carbons (Fsp3) is 0.105. The molecule has 2 N–H and O–H groups in total. The Morgan fingerprint density at radius 1 is 1.24 bits per heavy atom. The number of anilines is 1. The molecule has 2 aromatic carbocycles. The van der Waals surface area contributed by atoms with Gasteiger partial charge >= 0.3 is 5.97 Å². The maximum Gasteiger partial charge on any atom is 0.335 e. The van der Waals surface area contributed by atoms with Gasteiger partial charge in [0.05, 0.1) is 12.2 Å². The van der Waals surface area contributed by atoms with E-state index in [1.165, 1.54) is 24.3 Å². The molecule has 0 aromatic heterocycles. The summed E-state index contributed by atoms with van der Waals surface area (Å²) in [5, 5.41) is 20.8. The zero-order valence-electron chi connectivity index (χ0n) is 13.5. The van der Waals surface area contributed by atoms with Crippen LogP contribution >= 0.6 is 0 Å². The number of carboxylic acid groups (broad SMARTS) is 1. The van der Waals surface area contributed by atoms with E-state index in [0.29, 0.717) is 23.6 Å². The van der Waals surface area contributed by atoms with Crippen LogP contribution in [0.15, 0.2) is 54.1 Å². The second kappa shape index (κ2) is 8.31. The van der Waals surface area contributed by atoms with Gasteiger partial charge in [-0.3, -0.25) is 4.79 Å². The molecule has 2 rings (SSSR count). The number of para-hydroxylation sites is 1. The quantitative estimate of drug-likeness (QED) is 0.622. The number of rotatable bonds is 6. The van der Waals surface area contributed by atoms with E-state index >= 15 is 0 Å². The Balaban J connectivity index is 2.26. The van der Waals surface area contributed by atoms with E-state index in [2.05, 4.69) is 5.32 Å². The van der Waals surface area contributed by atoms with Gasteiger partial charge in [0, 0.05) is 11.3 Å². The lowest BCUT2D eigenvalue weighted by atomic mass is 10.1. The largest absolute Gasteiger partial charge is 0.493 e. The number of hydrogen-bond acceptors (Lipinski definition) is 4. The summed E-state index contributed by atoms with van der Waals surface area (Å²) in [5.74, 6) is -1.16. The standard InChI is InChI=1S/C19H16N2O4/c1-2-25-17-9-4-3-6-13(17)10-15(12-20)18(22)21-16-8-5-7-14(11-16)19(23)24/h3-11H,2H2,1H3,(H,21,22)(H,23,24). The van der Waals surface area contributed by atoms with Crippen molar-refractivity contribution in [1.82, 2.24) is 0 Å². The van der Waals surface area contributed by atoms with Crippen molar-refractivity contribution < 1.29 is 19.4 Å². The molecule has 1 amide bonds. The van der Waals surface area contributed by atoms with E-state index in [1.54, 1.807) is 30.3 Å². The Morgan fingerprint density at radius 2 is 2.00 bits per heavy atom. The van der Waals surface area contributed by atoms with Crippen molar-refractivity contribution in [2.24, 2.45) is 0 Å². The Labute approximate surface area is 145 Å². The van der Waals surface area contributed by atoms with Crippen molar-refractivity contribution in [2.75, 3.05) is 11.9 Å². The lowest BCUT2D eigenvalue weighted by Crippen LogP contribution is -2.14. The molecule has 0 heterocycles. The molecule has 126 valence electrons. The highest BCUT2D eigenvalue weighted by Gasteiger charge is 2.12. The van der Waals surface area contributed by atoms with Gasteiger partial charge in [0.15, 0.2) is 0 Å². The third-order valence-corrected chi connectivity index (χ3v) is 3.25. The molecule has 25 heavy (non-hydrogen) atoms. The first-order chi connectivity index (χ1) is 12.0. The third-order valence-electron chi connectivity index (χ3n) is 3.25. The van der Waals surface area contributed by atoms with Crippen LogP contribution in [0.25, 0.3) is 6.08 Å². The monoisotopic (exact) mass is 336 g/mol. The molecule has 6 heteroatoms. The molecule has 6 nitrogen and oxygen atoms in total. The summed E-state index contributed by atoms with van der Waals surface area (Å²) < 4.78 is 5.47. The van der Waals surface area contributed by atoms with Gasteiger partial charge in [-0.1, -0.05) is 24.3 Å². The number of aromatic carboxylic acids is 1. The van der Waals surface area contributed by atoms with Crippen molar-refractivity contribution in [3.63, 3.8) is 0 Å². The van der Waals surface area contributed by atoms with Crippen molar-refractivity contribution >= 4 is 23.6 Å². The highest BCUT2D eigenvalue weighted by molar-refractivity contribution is 6.10. The predicted molar refractivity (Wildman–Crippen MR) is 93.2 cm³/mol. The third kappa shape index (κ3) is 4.69. The number of amides is 1. The molecule has 0 spiro atoms. The normalized spacial score (nSPS) is 10.6. The minimum atomic E-state index is -1.10. The molecule has 0 aliphatic rings. The first kappa shape index (κ1) is 17.8. The van der Waals surface area contributed by atoms with E-state index in [4.69, 9.17) is 9.84 Å². The number of benzene rings is 2. The van der Waals surface area contributed by atoms with Crippen LogP contribution in [0.1, 0.15) is 22.8 Å². The van der Waals surface area contributed by atoms with Gasteiger partial charge in [-0.05, 0) is 37.3 Å². The highest BCUT2D eigenvalue weighted by Crippen LogP contribution is 2.21. The molecule has 0 aliphatic heterocycles. The maximum absolute atomic E-state index is 12.3. The lowest BCUT2D eigenvalue weighted by Gasteiger charge is -2.08. The number of carboxylic acids is 1. The predicted octanol–water partition coefficient (Wildman–Crippen LogP) is 3.33. The van der Waals surface area contributed by atoms with E-state index in [-0.39, 0.29) is 11.1 Å². The average molecular weight is 336 g/mol. The van der Waals surface area contributed by atoms with Crippen molar-refractivity contribution in [2.45, 2.75) is 6.92 Å². The Kier molecular flexibility index (Phi) is 5.91. The maximum atomic E-state index is 12.3.